The summed E-state index contributed by atoms with van der Waals surface area (Å²) in [6.07, 6.45) is 6.85. The minimum atomic E-state index is 0.0840. The molecule has 1 unspecified atom stereocenters. The van der Waals surface area contributed by atoms with Gasteiger partial charge in [-0.3, -0.25) is 14.6 Å². The summed E-state index contributed by atoms with van der Waals surface area (Å²) in [5, 5.41) is 4.71. The summed E-state index contributed by atoms with van der Waals surface area (Å²) in [4.78, 5) is 17.5. The van der Waals surface area contributed by atoms with Crippen molar-refractivity contribution in [3.05, 3.63) is 27.7 Å². The largest absolute Gasteiger partial charge is 0.379 e. The molecule has 2 saturated heterocycles. The molecule has 1 aliphatic carbocycles. The molecule has 0 saturated carbocycles. The topological polar surface area (TPSA) is 50.6 Å². The van der Waals surface area contributed by atoms with E-state index in [1.807, 2.05) is 6.07 Å². The van der Waals surface area contributed by atoms with Gasteiger partial charge < -0.3 is 4.74 Å². The van der Waals surface area contributed by atoms with Gasteiger partial charge in [-0.25, -0.2) is 4.68 Å². The zero-order valence-electron chi connectivity index (χ0n) is 15.2. The summed E-state index contributed by atoms with van der Waals surface area (Å²) in [6.45, 7) is 7.89. The van der Waals surface area contributed by atoms with Crippen molar-refractivity contribution in [1.29, 1.82) is 0 Å². The van der Waals surface area contributed by atoms with Crippen LogP contribution in [0.1, 0.15) is 36.9 Å². The lowest BCUT2D eigenvalue weighted by atomic mass is 9.97. The SMILES string of the molecule is O=c1cc2c(nn1CC1CCCN1CCN1CCOCC1)CCCC2. The van der Waals surface area contributed by atoms with Gasteiger partial charge in [0.25, 0.3) is 5.56 Å². The predicted molar refractivity (Wildman–Crippen MR) is 97.0 cm³/mol. The Morgan fingerprint density at radius 3 is 2.80 bits per heavy atom. The van der Waals surface area contributed by atoms with Crippen molar-refractivity contribution in [2.45, 2.75) is 51.1 Å². The van der Waals surface area contributed by atoms with Crippen LogP contribution in [-0.4, -0.2) is 71.6 Å². The smallest absolute Gasteiger partial charge is 0.267 e. The Balaban J connectivity index is 1.38. The number of hydrogen-bond acceptors (Lipinski definition) is 5. The Morgan fingerprint density at radius 1 is 1.08 bits per heavy atom. The molecular weight excluding hydrogens is 316 g/mol. The number of rotatable bonds is 5. The second-order valence-corrected chi connectivity index (χ2v) is 7.63. The summed E-state index contributed by atoms with van der Waals surface area (Å²) in [5.41, 5.74) is 2.42. The van der Waals surface area contributed by atoms with E-state index in [1.165, 1.54) is 31.2 Å². The molecule has 2 aliphatic heterocycles. The van der Waals surface area contributed by atoms with Crippen LogP contribution in [0.5, 0.6) is 0 Å². The molecule has 1 atom stereocenters. The molecular formula is C19H30N4O2. The van der Waals surface area contributed by atoms with Crippen LogP contribution in [0.2, 0.25) is 0 Å². The van der Waals surface area contributed by atoms with Crippen LogP contribution in [0.4, 0.5) is 0 Å². The molecule has 6 heteroatoms. The third-order valence-corrected chi connectivity index (χ3v) is 5.96. The highest BCUT2D eigenvalue weighted by Crippen LogP contribution is 2.20. The molecule has 138 valence electrons. The van der Waals surface area contributed by atoms with Gasteiger partial charge in [-0.1, -0.05) is 0 Å². The number of nitrogens with zero attached hydrogens (tertiary/aromatic N) is 4. The molecule has 3 heterocycles. The fourth-order valence-electron chi connectivity index (χ4n) is 4.42. The van der Waals surface area contributed by atoms with Crippen molar-refractivity contribution in [2.24, 2.45) is 0 Å². The highest BCUT2D eigenvalue weighted by Gasteiger charge is 2.26. The van der Waals surface area contributed by atoms with E-state index in [4.69, 9.17) is 9.84 Å². The van der Waals surface area contributed by atoms with Gasteiger partial charge in [0.05, 0.1) is 25.5 Å². The van der Waals surface area contributed by atoms with E-state index in [0.717, 1.165) is 71.0 Å². The summed E-state index contributed by atoms with van der Waals surface area (Å²) in [6, 6.07) is 2.29. The molecule has 1 aromatic heterocycles. The summed E-state index contributed by atoms with van der Waals surface area (Å²) in [5.74, 6) is 0. The van der Waals surface area contributed by atoms with Gasteiger partial charge in [0.15, 0.2) is 0 Å². The molecule has 3 aliphatic rings. The number of aromatic nitrogens is 2. The maximum absolute atomic E-state index is 12.5. The monoisotopic (exact) mass is 346 g/mol. The lowest BCUT2D eigenvalue weighted by molar-refractivity contribution is 0.0322. The van der Waals surface area contributed by atoms with Gasteiger partial charge in [0.2, 0.25) is 0 Å². The van der Waals surface area contributed by atoms with Crippen LogP contribution in [0.15, 0.2) is 10.9 Å². The van der Waals surface area contributed by atoms with Crippen molar-refractivity contribution >= 4 is 0 Å². The van der Waals surface area contributed by atoms with Crippen molar-refractivity contribution in [3.63, 3.8) is 0 Å². The van der Waals surface area contributed by atoms with Crippen LogP contribution in [-0.2, 0) is 24.1 Å². The molecule has 6 nitrogen and oxygen atoms in total. The second-order valence-electron chi connectivity index (χ2n) is 7.63. The molecule has 0 amide bonds. The Kier molecular flexibility index (Phi) is 5.48. The van der Waals surface area contributed by atoms with Gasteiger partial charge in [0.1, 0.15) is 0 Å². The van der Waals surface area contributed by atoms with Gasteiger partial charge in [0, 0.05) is 38.3 Å². The molecule has 2 fully saturated rings. The number of ether oxygens (including phenoxy) is 1. The van der Waals surface area contributed by atoms with Gasteiger partial charge in [-0.15, -0.1) is 0 Å². The highest BCUT2D eigenvalue weighted by molar-refractivity contribution is 5.20. The van der Waals surface area contributed by atoms with Crippen molar-refractivity contribution in [1.82, 2.24) is 19.6 Å². The minimum absolute atomic E-state index is 0.0840. The maximum atomic E-state index is 12.5. The normalized spacial score (nSPS) is 25.2. The average Bonchev–Trinajstić information content (AvgIpc) is 3.08. The first kappa shape index (κ1) is 17.2. The lowest BCUT2D eigenvalue weighted by Crippen LogP contribution is -2.44. The lowest BCUT2D eigenvalue weighted by Gasteiger charge is -2.31. The molecule has 0 spiro atoms. The first-order valence-corrected chi connectivity index (χ1v) is 9.94. The number of hydrogen-bond donors (Lipinski definition) is 0. The highest BCUT2D eigenvalue weighted by atomic mass is 16.5. The zero-order chi connectivity index (χ0) is 17.1. The van der Waals surface area contributed by atoms with Gasteiger partial charge in [-0.2, -0.15) is 5.10 Å². The second kappa shape index (κ2) is 7.98. The summed E-state index contributed by atoms with van der Waals surface area (Å²) in [7, 11) is 0. The summed E-state index contributed by atoms with van der Waals surface area (Å²) >= 11 is 0. The number of likely N-dealkylation sites (tertiary alicyclic amines) is 1. The maximum Gasteiger partial charge on any atom is 0.267 e. The average molecular weight is 346 g/mol. The van der Waals surface area contributed by atoms with E-state index in [2.05, 4.69) is 9.80 Å². The fraction of sp³-hybridized carbons (Fsp3) is 0.789. The Hall–Kier alpha value is -1.24. The Morgan fingerprint density at radius 2 is 1.92 bits per heavy atom. The van der Waals surface area contributed by atoms with Crippen molar-refractivity contribution in [2.75, 3.05) is 45.9 Å². The molecule has 25 heavy (non-hydrogen) atoms. The van der Waals surface area contributed by atoms with E-state index in [1.54, 1.807) is 4.68 Å². The molecule has 1 aromatic rings. The molecule has 0 N–H and O–H groups in total. The van der Waals surface area contributed by atoms with Crippen molar-refractivity contribution < 1.29 is 4.74 Å². The molecule has 4 rings (SSSR count). The number of morpholine rings is 1. The standard InChI is InChI=1S/C19H30N4O2/c24-19-14-16-4-1-2-6-18(16)20-23(19)15-17-5-3-7-22(17)9-8-21-10-12-25-13-11-21/h14,17H,1-13,15H2. The van der Waals surface area contributed by atoms with Crippen LogP contribution in [0.25, 0.3) is 0 Å². The van der Waals surface area contributed by atoms with E-state index < -0.39 is 0 Å². The van der Waals surface area contributed by atoms with Gasteiger partial charge in [-0.05, 0) is 50.6 Å². The number of fused-ring (bicyclic) bond motifs is 1. The molecule has 0 radical (unpaired) electrons. The van der Waals surface area contributed by atoms with E-state index in [0.29, 0.717) is 6.04 Å². The summed E-state index contributed by atoms with van der Waals surface area (Å²) < 4.78 is 7.17. The van der Waals surface area contributed by atoms with Crippen LogP contribution in [0.3, 0.4) is 0 Å². The third kappa shape index (κ3) is 4.13. The Labute approximate surface area is 149 Å². The first-order valence-electron chi connectivity index (χ1n) is 9.94. The zero-order valence-corrected chi connectivity index (χ0v) is 15.2. The van der Waals surface area contributed by atoms with Gasteiger partial charge >= 0.3 is 0 Å². The third-order valence-electron chi connectivity index (χ3n) is 5.96. The minimum Gasteiger partial charge on any atom is -0.379 e. The van der Waals surface area contributed by atoms with Crippen LogP contribution < -0.4 is 5.56 Å². The van der Waals surface area contributed by atoms with E-state index in [9.17, 15) is 4.79 Å². The van der Waals surface area contributed by atoms with Crippen LogP contribution in [0, 0.1) is 0 Å². The molecule has 0 bridgehead atoms. The predicted octanol–water partition coefficient (Wildman–Crippen LogP) is 0.919. The number of aryl methyl sites for hydroxylation is 2. The van der Waals surface area contributed by atoms with E-state index in [-0.39, 0.29) is 5.56 Å². The quantitative estimate of drug-likeness (QED) is 0.794. The molecule has 0 aromatic carbocycles. The van der Waals surface area contributed by atoms with Crippen molar-refractivity contribution in [3.8, 4) is 0 Å². The Bertz CT molecular complexity index is 639. The van der Waals surface area contributed by atoms with Crippen LogP contribution >= 0.6 is 0 Å². The fourth-order valence-corrected chi connectivity index (χ4v) is 4.42. The first-order chi connectivity index (χ1) is 12.3. The van der Waals surface area contributed by atoms with E-state index >= 15 is 0 Å².